The SMILES string of the molecule is COc1cc(C)ccc1C1CCNCC1.Cl. The first kappa shape index (κ1) is 13.3. The van der Waals surface area contributed by atoms with Crippen molar-refractivity contribution in [2.24, 2.45) is 0 Å². The van der Waals surface area contributed by atoms with Crippen LogP contribution < -0.4 is 10.1 Å². The van der Waals surface area contributed by atoms with Crippen LogP contribution in [0.1, 0.15) is 29.9 Å². The van der Waals surface area contributed by atoms with Gasteiger partial charge in [-0.3, -0.25) is 0 Å². The minimum atomic E-state index is 0. The van der Waals surface area contributed by atoms with E-state index in [0.29, 0.717) is 5.92 Å². The lowest BCUT2D eigenvalue weighted by Gasteiger charge is -2.24. The summed E-state index contributed by atoms with van der Waals surface area (Å²) in [6.45, 7) is 4.36. The highest BCUT2D eigenvalue weighted by Crippen LogP contribution is 2.32. The molecule has 0 spiro atoms. The van der Waals surface area contributed by atoms with E-state index in [1.807, 2.05) is 0 Å². The molecule has 2 nitrogen and oxygen atoms in total. The van der Waals surface area contributed by atoms with Crippen LogP contribution in [0.3, 0.4) is 0 Å². The van der Waals surface area contributed by atoms with Gasteiger partial charge in [0.15, 0.2) is 0 Å². The van der Waals surface area contributed by atoms with Crippen LogP contribution >= 0.6 is 12.4 Å². The standard InChI is InChI=1S/C13H19NO.ClH/c1-10-3-4-12(13(9-10)15-2)11-5-7-14-8-6-11;/h3-4,9,11,14H,5-8H2,1-2H3;1H. The smallest absolute Gasteiger partial charge is 0.122 e. The third-order valence-electron chi connectivity index (χ3n) is 3.17. The zero-order valence-corrected chi connectivity index (χ0v) is 10.8. The van der Waals surface area contributed by atoms with Crippen molar-refractivity contribution >= 4 is 12.4 Å². The second kappa shape index (κ2) is 6.12. The number of nitrogens with one attached hydrogen (secondary N) is 1. The Morgan fingerprint density at radius 3 is 2.56 bits per heavy atom. The van der Waals surface area contributed by atoms with Gasteiger partial charge in [0.1, 0.15) is 5.75 Å². The van der Waals surface area contributed by atoms with Crippen molar-refractivity contribution in [3.63, 3.8) is 0 Å². The van der Waals surface area contributed by atoms with Crippen molar-refractivity contribution in [3.8, 4) is 5.75 Å². The molecule has 1 fully saturated rings. The highest BCUT2D eigenvalue weighted by Gasteiger charge is 2.18. The van der Waals surface area contributed by atoms with Crippen LogP contribution in [0, 0.1) is 6.92 Å². The summed E-state index contributed by atoms with van der Waals surface area (Å²) in [4.78, 5) is 0. The first-order valence-electron chi connectivity index (χ1n) is 5.66. The molecule has 0 aromatic heterocycles. The van der Waals surface area contributed by atoms with Crippen molar-refractivity contribution in [3.05, 3.63) is 29.3 Å². The van der Waals surface area contributed by atoms with Crippen molar-refractivity contribution in [1.29, 1.82) is 0 Å². The third kappa shape index (κ3) is 2.89. The van der Waals surface area contributed by atoms with Crippen molar-refractivity contribution in [2.75, 3.05) is 20.2 Å². The van der Waals surface area contributed by atoms with E-state index in [1.165, 1.54) is 24.0 Å². The van der Waals surface area contributed by atoms with E-state index in [9.17, 15) is 0 Å². The van der Waals surface area contributed by atoms with Crippen LogP contribution in [0.5, 0.6) is 5.75 Å². The summed E-state index contributed by atoms with van der Waals surface area (Å²) in [6.07, 6.45) is 2.44. The minimum absolute atomic E-state index is 0. The van der Waals surface area contributed by atoms with Crippen LogP contribution in [0.15, 0.2) is 18.2 Å². The Hall–Kier alpha value is -0.730. The molecule has 0 atom stereocenters. The fraction of sp³-hybridized carbons (Fsp3) is 0.538. The zero-order valence-electron chi connectivity index (χ0n) is 9.95. The molecular weight excluding hydrogens is 222 g/mol. The molecule has 1 heterocycles. The fourth-order valence-corrected chi connectivity index (χ4v) is 2.29. The maximum Gasteiger partial charge on any atom is 0.122 e. The number of aryl methyl sites for hydroxylation is 1. The predicted molar refractivity (Wildman–Crippen MR) is 69.8 cm³/mol. The summed E-state index contributed by atoms with van der Waals surface area (Å²) in [7, 11) is 1.76. The maximum absolute atomic E-state index is 5.46. The first-order chi connectivity index (χ1) is 7.31. The van der Waals surface area contributed by atoms with Gasteiger partial charge in [0, 0.05) is 0 Å². The Morgan fingerprint density at radius 1 is 1.25 bits per heavy atom. The lowest BCUT2D eigenvalue weighted by molar-refractivity contribution is 0.391. The van der Waals surface area contributed by atoms with Crippen LogP contribution in [-0.4, -0.2) is 20.2 Å². The molecule has 0 saturated carbocycles. The molecule has 2 rings (SSSR count). The van der Waals surface area contributed by atoms with Gasteiger partial charge in [0.05, 0.1) is 7.11 Å². The van der Waals surface area contributed by atoms with Gasteiger partial charge in [-0.1, -0.05) is 12.1 Å². The number of piperidine rings is 1. The fourth-order valence-electron chi connectivity index (χ4n) is 2.29. The molecule has 1 aromatic carbocycles. The highest BCUT2D eigenvalue weighted by molar-refractivity contribution is 5.85. The highest BCUT2D eigenvalue weighted by atomic mass is 35.5. The van der Waals surface area contributed by atoms with Crippen LogP contribution in [0.25, 0.3) is 0 Å². The number of halogens is 1. The lowest BCUT2D eigenvalue weighted by Crippen LogP contribution is -2.26. The molecule has 0 aliphatic carbocycles. The summed E-state index contributed by atoms with van der Waals surface area (Å²) in [5.41, 5.74) is 2.65. The van der Waals surface area contributed by atoms with Gasteiger partial charge in [-0.15, -0.1) is 12.4 Å². The Morgan fingerprint density at radius 2 is 1.94 bits per heavy atom. The second-order valence-electron chi connectivity index (χ2n) is 4.27. The third-order valence-corrected chi connectivity index (χ3v) is 3.17. The number of benzene rings is 1. The van der Waals surface area contributed by atoms with Gasteiger partial charge >= 0.3 is 0 Å². The Balaban J connectivity index is 0.00000128. The lowest BCUT2D eigenvalue weighted by atomic mass is 9.89. The summed E-state index contributed by atoms with van der Waals surface area (Å²) in [5, 5.41) is 3.39. The quantitative estimate of drug-likeness (QED) is 0.860. The number of hydrogen-bond donors (Lipinski definition) is 1. The van der Waals surface area contributed by atoms with E-state index in [0.717, 1.165) is 18.8 Å². The average Bonchev–Trinajstić information content (AvgIpc) is 2.30. The van der Waals surface area contributed by atoms with Crippen molar-refractivity contribution < 1.29 is 4.74 Å². The Bertz CT molecular complexity index is 335. The Kier molecular flexibility index (Phi) is 5.10. The molecule has 1 saturated heterocycles. The maximum atomic E-state index is 5.46. The van der Waals surface area contributed by atoms with Crippen LogP contribution in [0.4, 0.5) is 0 Å². The topological polar surface area (TPSA) is 21.3 Å². The summed E-state index contributed by atoms with van der Waals surface area (Å²) < 4.78 is 5.46. The van der Waals surface area contributed by atoms with Crippen molar-refractivity contribution in [2.45, 2.75) is 25.7 Å². The molecule has 1 aliphatic rings. The summed E-state index contributed by atoms with van der Waals surface area (Å²) in [6, 6.07) is 6.54. The monoisotopic (exact) mass is 241 g/mol. The molecule has 3 heteroatoms. The van der Waals surface area contributed by atoms with Gasteiger partial charge in [0.2, 0.25) is 0 Å². The molecule has 1 N–H and O–H groups in total. The average molecular weight is 242 g/mol. The molecule has 0 bridgehead atoms. The number of rotatable bonds is 2. The molecule has 90 valence electrons. The minimum Gasteiger partial charge on any atom is -0.496 e. The summed E-state index contributed by atoms with van der Waals surface area (Å²) >= 11 is 0. The van der Waals surface area contributed by atoms with E-state index in [-0.39, 0.29) is 12.4 Å². The second-order valence-corrected chi connectivity index (χ2v) is 4.27. The predicted octanol–water partition coefficient (Wildman–Crippen LogP) is 2.89. The van der Waals surface area contributed by atoms with Gasteiger partial charge in [-0.2, -0.15) is 0 Å². The van der Waals surface area contributed by atoms with Gasteiger partial charge < -0.3 is 10.1 Å². The Labute approximate surface area is 104 Å². The molecule has 0 unspecified atom stereocenters. The van der Waals surface area contributed by atoms with Crippen LogP contribution in [0.2, 0.25) is 0 Å². The summed E-state index contributed by atoms with van der Waals surface area (Å²) in [5.74, 6) is 1.73. The van der Waals surface area contributed by atoms with Gasteiger partial charge in [-0.05, 0) is 56.0 Å². The number of hydrogen-bond acceptors (Lipinski definition) is 2. The molecule has 1 aromatic rings. The number of methoxy groups -OCH3 is 1. The van der Waals surface area contributed by atoms with Gasteiger partial charge in [-0.25, -0.2) is 0 Å². The van der Waals surface area contributed by atoms with E-state index >= 15 is 0 Å². The zero-order chi connectivity index (χ0) is 10.7. The van der Waals surface area contributed by atoms with Gasteiger partial charge in [0.25, 0.3) is 0 Å². The van der Waals surface area contributed by atoms with E-state index in [4.69, 9.17) is 4.74 Å². The molecule has 0 radical (unpaired) electrons. The van der Waals surface area contributed by atoms with Crippen molar-refractivity contribution in [1.82, 2.24) is 5.32 Å². The van der Waals surface area contributed by atoms with E-state index in [2.05, 4.69) is 30.4 Å². The first-order valence-corrected chi connectivity index (χ1v) is 5.66. The van der Waals surface area contributed by atoms with E-state index < -0.39 is 0 Å². The molecule has 0 amide bonds. The number of ether oxygens (including phenoxy) is 1. The molecular formula is C13H20ClNO. The van der Waals surface area contributed by atoms with Crippen LogP contribution in [-0.2, 0) is 0 Å². The molecule has 1 aliphatic heterocycles. The van der Waals surface area contributed by atoms with E-state index in [1.54, 1.807) is 7.11 Å². The molecule has 16 heavy (non-hydrogen) atoms. The largest absolute Gasteiger partial charge is 0.496 e. The normalized spacial score (nSPS) is 16.6.